The molecule has 170 valence electrons. The van der Waals surface area contributed by atoms with E-state index in [-0.39, 0.29) is 5.78 Å². The molecule has 7 aromatic rings. The van der Waals surface area contributed by atoms with Gasteiger partial charge in [-0.25, -0.2) is 0 Å². The van der Waals surface area contributed by atoms with Gasteiger partial charge in [0.25, 0.3) is 0 Å². The van der Waals surface area contributed by atoms with Gasteiger partial charge in [0.2, 0.25) is 0 Å². The zero-order chi connectivity index (χ0) is 24.1. The number of aromatic nitrogens is 2. The number of carbonyl (C=O) groups excluding carboxylic acids is 1. The summed E-state index contributed by atoms with van der Waals surface area (Å²) in [6.07, 6.45) is 2.12. The molecule has 0 radical (unpaired) electrons. The predicted molar refractivity (Wildman–Crippen MR) is 147 cm³/mol. The first-order valence-corrected chi connectivity index (χ1v) is 12.1. The van der Waals surface area contributed by atoms with Gasteiger partial charge < -0.3 is 9.13 Å². The average Bonchev–Trinajstić information content (AvgIpc) is 3.53. The van der Waals surface area contributed by atoms with Crippen molar-refractivity contribution in [3.8, 4) is 11.4 Å². The lowest BCUT2D eigenvalue weighted by molar-refractivity contribution is 0.103. The maximum Gasteiger partial charge on any atom is 0.193 e. The second-order valence-electron chi connectivity index (χ2n) is 9.01. The highest BCUT2D eigenvalue weighted by Gasteiger charge is 2.17. The monoisotopic (exact) mass is 462 g/mol. The van der Waals surface area contributed by atoms with Crippen LogP contribution in [0.1, 0.15) is 15.9 Å². The van der Waals surface area contributed by atoms with Crippen LogP contribution >= 0.6 is 0 Å². The number of para-hydroxylation sites is 2. The number of carbonyl (C=O) groups is 1. The number of benzene rings is 5. The van der Waals surface area contributed by atoms with Crippen LogP contribution < -0.4 is 0 Å². The van der Waals surface area contributed by atoms with Crippen molar-refractivity contribution in [2.45, 2.75) is 0 Å². The van der Waals surface area contributed by atoms with Crippen molar-refractivity contribution in [2.24, 2.45) is 0 Å². The minimum Gasteiger partial charge on any atom is -0.316 e. The molecular formula is C33H22N2O. The number of hydrogen-bond donors (Lipinski definition) is 0. The van der Waals surface area contributed by atoms with Crippen LogP contribution in [-0.4, -0.2) is 14.9 Å². The minimum atomic E-state index is 0.0357. The Morgan fingerprint density at radius 1 is 0.472 bits per heavy atom. The quantitative estimate of drug-likeness (QED) is 0.244. The highest BCUT2D eigenvalue weighted by Crippen LogP contribution is 2.37. The van der Waals surface area contributed by atoms with E-state index in [4.69, 9.17) is 0 Å². The van der Waals surface area contributed by atoms with Gasteiger partial charge in [0, 0.05) is 44.9 Å². The van der Waals surface area contributed by atoms with Crippen molar-refractivity contribution in [2.75, 3.05) is 0 Å². The summed E-state index contributed by atoms with van der Waals surface area (Å²) >= 11 is 0. The Kier molecular flexibility index (Phi) is 4.61. The molecule has 0 aliphatic heterocycles. The van der Waals surface area contributed by atoms with E-state index in [0.717, 1.165) is 16.9 Å². The van der Waals surface area contributed by atoms with Gasteiger partial charge in [0.15, 0.2) is 5.78 Å². The normalized spacial score (nSPS) is 11.4. The van der Waals surface area contributed by atoms with E-state index in [1.807, 2.05) is 54.6 Å². The van der Waals surface area contributed by atoms with Crippen molar-refractivity contribution in [3.63, 3.8) is 0 Å². The second kappa shape index (κ2) is 8.10. The molecule has 7 rings (SSSR count). The van der Waals surface area contributed by atoms with Crippen LogP contribution in [-0.2, 0) is 0 Å². The Balaban J connectivity index is 1.40. The van der Waals surface area contributed by atoms with Crippen LogP contribution in [0.5, 0.6) is 0 Å². The number of rotatable bonds is 4. The van der Waals surface area contributed by atoms with Crippen LogP contribution in [0.3, 0.4) is 0 Å². The van der Waals surface area contributed by atoms with Crippen molar-refractivity contribution in [1.82, 2.24) is 9.13 Å². The molecule has 0 saturated carbocycles. The van der Waals surface area contributed by atoms with Crippen molar-refractivity contribution in [3.05, 3.63) is 145 Å². The molecule has 36 heavy (non-hydrogen) atoms. The molecule has 0 aliphatic carbocycles. The molecule has 0 unspecified atom stereocenters. The van der Waals surface area contributed by atoms with E-state index < -0.39 is 0 Å². The van der Waals surface area contributed by atoms with Crippen LogP contribution in [0, 0.1) is 0 Å². The summed E-state index contributed by atoms with van der Waals surface area (Å²) in [4.78, 5) is 12.9. The van der Waals surface area contributed by atoms with Gasteiger partial charge in [-0.05, 0) is 54.6 Å². The standard InChI is InChI=1S/C33H22N2O/c36-33(23-9-3-1-4-10-23)24-15-17-25(18-16-24)34-22-21-29-30(34)20-19-28-27-13-7-8-14-31(27)35(32(28)29)26-11-5-2-6-12-26/h1-22H. The molecular weight excluding hydrogens is 440 g/mol. The van der Waals surface area contributed by atoms with Gasteiger partial charge in [-0.2, -0.15) is 0 Å². The lowest BCUT2D eigenvalue weighted by Gasteiger charge is -2.10. The van der Waals surface area contributed by atoms with E-state index in [0.29, 0.717) is 11.1 Å². The molecule has 2 heterocycles. The molecule has 0 aliphatic rings. The number of ketones is 1. The molecule has 0 N–H and O–H groups in total. The van der Waals surface area contributed by atoms with E-state index in [2.05, 4.69) is 88.1 Å². The molecule has 0 atom stereocenters. The zero-order valence-corrected chi connectivity index (χ0v) is 19.5. The third-order valence-electron chi connectivity index (χ3n) is 6.96. The fourth-order valence-corrected chi connectivity index (χ4v) is 5.28. The SMILES string of the molecule is O=C(c1ccccc1)c1ccc(-n2ccc3c2ccc2c4ccccc4n(-c4ccccc4)c23)cc1. The Morgan fingerprint density at radius 3 is 1.92 bits per heavy atom. The molecule has 0 amide bonds. The average molecular weight is 463 g/mol. The van der Waals surface area contributed by atoms with Gasteiger partial charge in [0.05, 0.1) is 16.6 Å². The first-order valence-electron chi connectivity index (χ1n) is 12.1. The first kappa shape index (κ1) is 20.5. The molecule has 0 saturated heterocycles. The maximum atomic E-state index is 12.9. The molecule has 2 aromatic heterocycles. The van der Waals surface area contributed by atoms with Crippen molar-refractivity contribution >= 4 is 38.5 Å². The molecule has 0 spiro atoms. The molecule has 3 nitrogen and oxygen atoms in total. The molecule has 3 heteroatoms. The van der Waals surface area contributed by atoms with Gasteiger partial charge in [-0.1, -0.05) is 72.8 Å². The Labute approximate surface area is 208 Å². The van der Waals surface area contributed by atoms with Crippen LogP contribution in [0.25, 0.3) is 44.1 Å². The highest BCUT2D eigenvalue weighted by atomic mass is 16.1. The van der Waals surface area contributed by atoms with Crippen LogP contribution in [0.4, 0.5) is 0 Å². The second-order valence-corrected chi connectivity index (χ2v) is 9.01. The molecule has 0 bridgehead atoms. The zero-order valence-electron chi connectivity index (χ0n) is 19.5. The Hall–Kier alpha value is -4.89. The largest absolute Gasteiger partial charge is 0.316 e. The Bertz CT molecular complexity index is 1880. The van der Waals surface area contributed by atoms with E-state index in [1.165, 1.54) is 27.2 Å². The minimum absolute atomic E-state index is 0.0357. The number of nitrogens with zero attached hydrogens (tertiary/aromatic N) is 2. The topological polar surface area (TPSA) is 26.9 Å². The number of hydrogen-bond acceptors (Lipinski definition) is 1. The van der Waals surface area contributed by atoms with Crippen molar-refractivity contribution in [1.29, 1.82) is 0 Å². The summed E-state index contributed by atoms with van der Waals surface area (Å²) in [5.74, 6) is 0.0357. The van der Waals surface area contributed by atoms with Gasteiger partial charge in [-0.15, -0.1) is 0 Å². The lowest BCUT2D eigenvalue weighted by atomic mass is 10.0. The van der Waals surface area contributed by atoms with Crippen LogP contribution in [0.2, 0.25) is 0 Å². The van der Waals surface area contributed by atoms with Gasteiger partial charge in [-0.3, -0.25) is 4.79 Å². The third kappa shape index (κ3) is 3.10. The third-order valence-corrected chi connectivity index (χ3v) is 6.96. The van der Waals surface area contributed by atoms with E-state index >= 15 is 0 Å². The summed E-state index contributed by atoms with van der Waals surface area (Å²) in [5, 5.41) is 3.68. The van der Waals surface area contributed by atoms with Gasteiger partial charge >= 0.3 is 0 Å². The van der Waals surface area contributed by atoms with Crippen LogP contribution in [0.15, 0.2) is 134 Å². The fourth-order valence-electron chi connectivity index (χ4n) is 5.28. The summed E-state index contributed by atoms with van der Waals surface area (Å²) in [6, 6.07) is 43.0. The smallest absolute Gasteiger partial charge is 0.193 e. The van der Waals surface area contributed by atoms with E-state index in [9.17, 15) is 4.79 Å². The lowest BCUT2D eigenvalue weighted by Crippen LogP contribution is -2.01. The Morgan fingerprint density at radius 2 is 1.14 bits per heavy atom. The maximum absolute atomic E-state index is 12.9. The molecule has 0 fully saturated rings. The predicted octanol–water partition coefficient (Wildman–Crippen LogP) is 7.96. The fraction of sp³-hybridized carbons (Fsp3) is 0. The summed E-state index contributed by atoms with van der Waals surface area (Å²) < 4.78 is 4.55. The summed E-state index contributed by atoms with van der Waals surface area (Å²) in [5.41, 5.74) is 7.09. The van der Waals surface area contributed by atoms with Gasteiger partial charge in [0.1, 0.15) is 0 Å². The molecule has 5 aromatic carbocycles. The number of fused-ring (bicyclic) bond motifs is 5. The van der Waals surface area contributed by atoms with E-state index in [1.54, 1.807) is 0 Å². The summed E-state index contributed by atoms with van der Waals surface area (Å²) in [7, 11) is 0. The first-order chi connectivity index (χ1) is 17.8. The summed E-state index contributed by atoms with van der Waals surface area (Å²) in [6.45, 7) is 0. The highest BCUT2D eigenvalue weighted by molar-refractivity contribution is 6.18. The van der Waals surface area contributed by atoms with Crippen molar-refractivity contribution < 1.29 is 4.79 Å².